The Bertz CT molecular complexity index is 967. The summed E-state index contributed by atoms with van der Waals surface area (Å²) in [5.74, 6) is -0.660. The van der Waals surface area contributed by atoms with E-state index in [2.05, 4.69) is 15.4 Å². The van der Waals surface area contributed by atoms with Crippen molar-refractivity contribution >= 4 is 34.9 Å². The Morgan fingerprint density at radius 1 is 0.737 bits per heavy atom. The Kier molecular flexibility index (Phi) is 16.7. The molecule has 2 rings (SSSR count). The number of aliphatic hydroxyl groups is 1. The molecule has 2 aromatic carbocycles. The summed E-state index contributed by atoms with van der Waals surface area (Å²) in [7, 11) is 2.87. The van der Waals surface area contributed by atoms with Crippen LogP contribution in [0, 0.1) is 0 Å². The van der Waals surface area contributed by atoms with Gasteiger partial charge < -0.3 is 30.0 Å². The maximum atomic E-state index is 12.0. The Balaban J connectivity index is 0.000000380. The molecule has 0 heterocycles. The number of Topliss-reactive ketones (excluding diaryl/α,β-unsaturated/α-hetero) is 1. The minimum absolute atomic E-state index is 0.142. The number of carbonyl (C=O) groups is 4. The van der Waals surface area contributed by atoms with Crippen molar-refractivity contribution in [1.82, 2.24) is 0 Å². The first-order valence-corrected chi connectivity index (χ1v) is 12.8. The Labute approximate surface area is 224 Å². The van der Waals surface area contributed by atoms with Gasteiger partial charge in [0, 0.05) is 31.3 Å². The number of para-hydroxylation sites is 2. The standard InChI is InChI=1S/C15H21NO3.C14H19NO4/c1-12(17)8-6-7-11-14(19-2)15(18)16-13-9-4-3-5-10-13;1-19-13(17)10-6-5-9-12(16)14(18)15-11-7-3-2-4-8-11/h3-5,9-10,14H,6-8,11H2,1-2H3,(H,16,18);2-4,7-8,12,16H,5-6,9-10H2,1H3,(H,15,18). The molecule has 9 nitrogen and oxygen atoms in total. The molecule has 38 heavy (non-hydrogen) atoms. The van der Waals surface area contributed by atoms with Gasteiger partial charge in [0.05, 0.1) is 7.11 Å². The maximum absolute atomic E-state index is 12.0. The summed E-state index contributed by atoms with van der Waals surface area (Å²) in [5.41, 5.74) is 1.42. The second-order valence-electron chi connectivity index (χ2n) is 8.72. The number of ketones is 1. The lowest BCUT2D eigenvalue weighted by atomic mass is 10.1. The van der Waals surface area contributed by atoms with E-state index in [4.69, 9.17) is 4.74 Å². The molecule has 0 fully saturated rings. The first-order chi connectivity index (χ1) is 18.3. The highest BCUT2D eigenvalue weighted by atomic mass is 16.5. The highest BCUT2D eigenvalue weighted by Crippen LogP contribution is 2.12. The van der Waals surface area contributed by atoms with Gasteiger partial charge in [0.15, 0.2) is 0 Å². The van der Waals surface area contributed by atoms with E-state index in [0.717, 1.165) is 18.5 Å². The molecule has 208 valence electrons. The summed E-state index contributed by atoms with van der Waals surface area (Å²) >= 11 is 0. The maximum Gasteiger partial charge on any atom is 0.305 e. The van der Waals surface area contributed by atoms with Crippen LogP contribution in [-0.4, -0.2) is 55.1 Å². The van der Waals surface area contributed by atoms with Crippen LogP contribution >= 0.6 is 0 Å². The van der Waals surface area contributed by atoms with E-state index in [9.17, 15) is 24.3 Å². The number of rotatable bonds is 15. The van der Waals surface area contributed by atoms with Gasteiger partial charge in [0.25, 0.3) is 11.8 Å². The van der Waals surface area contributed by atoms with Gasteiger partial charge in [-0.2, -0.15) is 0 Å². The van der Waals surface area contributed by atoms with Gasteiger partial charge in [-0.1, -0.05) is 36.4 Å². The number of amides is 2. The normalized spacial score (nSPS) is 11.8. The van der Waals surface area contributed by atoms with Gasteiger partial charge in [0.2, 0.25) is 0 Å². The third-order valence-electron chi connectivity index (χ3n) is 5.54. The monoisotopic (exact) mass is 528 g/mol. The van der Waals surface area contributed by atoms with Gasteiger partial charge in [-0.15, -0.1) is 0 Å². The summed E-state index contributed by atoms with van der Waals surface area (Å²) < 4.78 is 9.70. The number of ether oxygens (including phenoxy) is 2. The molecule has 0 aromatic heterocycles. The Morgan fingerprint density at radius 3 is 1.74 bits per heavy atom. The number of anilines is 2. The van der Waals surface area contributed by atoms with Crippen LogP contribution in [-0.2, 0) is 28.7 Å². The molecule has 3 N–H and O–H groups in total. The van der Waals surface area contributed by atoms with Crippen LogP contribution in [0.5, 0.6) is 0 Å². The van der Waals surface area contributed by atoms with Crippen LogP contribution in [0.2, 0.25) is 0 Å². The molecule has 2 unspecified atom stereocenters. The van der Waals surface area contributed by atoms with Crippen molar-refractivity contribution in [3.05, 3.63) is 60.7 Å². The smallest absolute Gasteiger partial charge is 0.305 e. The summed E-state index contributed by atoms with van der Waals surface area (Å²) in [5, 5.41) is 15.1. The zero-order valence-corrected chi connectivity index (χ0v) is 22.5. The fourth-order valence-corrected chi connectivity index (χ4v) is 3.39. The summed E-state index contributed by atoms with van der Waals surface area (Å²) in [6, 6.07) is 18.2. The first-order valence-electron chi connectivity index (χ1n) is 12.8. The van der Waals surface area contributed by atoms with E-state index < -0.39 is 18.1 Å². The second-order valence-corrected chi connectivity index (χ2v) is 8.72. The minimum atomic E-state index is -1.06. The molecular formula is C29H40N2O7. The molecule has 2 aromatic rings. The van der Waals surface area contributed by atoms with Gasteiger partial charge in [-0.3, -0.25) is 14.4 Å². The molecule has 0 bridgehead atoms. The van der Waals surface area contributed by atoms with E-state index >= 15 is 0 Å². The van der Waals surface area contributed by atoms with Crippen LogP contribution in [0.1, 0.15) is 58.3 Å². The van der Waals surface area contributed by atoms with Gasteiger partial charge >= 0.3 is 5.97 Å². The largest absolute Gasteiger partial charge is 0.469 e. The number of nitrogens with one attached hydrogen (secondary N) is 2. The highest BCUT2D eigenvalue weighted by molar-refractivity contribution is 5.94. The number of benzene rings is 2. The first kappa shape index (κ1) is 32.5. The van der Waals surface area contributed by atoms with Crippen molar-refractivity contribution in [2.45, 2.75) is 70.5 Å². The molecule has 0 aliphatic heterocycles. The zero-order chi connectivity index (χ0) is 28.2. The molecule has 9 heteroatoms. The summed E-state index contributed by atoms with van der Waals surface area (Å²) in [4.78, 5) is 45.3. The van der Waals surface area contributed by atoms with Crippen LogP contribution in [0.15, 0.2) is 60.7 Å². The molecule has 0 spiro atoms. The Morgan fingerprint density at radius 2 is 1.24 bits per heavy atom. The lowest BCUT2D eigenvalue weighted by molar-refractivity contribution is -0.140. The van der Waals surface area contributed by atoms with Crippen LogP contribution in [0.4, 0.5) is 11.4 Å². The number of methoxy groups -OCH3 is 2. The van der Waals surface area contributed by atoms with Crippen LogP contribution < -0.4 is 10.6 Å². The quantitative estimate of drug-likeness (QED) is 0.229. The molecule has 0 aliphatic rings. The predicted octanol–water partition coefficient (Wildman–Crippen LogP) is 4.51. The third-order valence-corrected chi connectivity index (χ3v) is 5.54. The highest BCUT2D eigenvalue weighted by Gasteiger charge is 2.17. The average Bonchev–Trinajstić information content (AvgIpc) is 2.92. The summed E-state index contributed by atoms with van der Waals surface area (Å²) in [6.07, 6.45) is 3.11. The minimum Gasteiger partial charge on any atom is -0.469 e. The van der Waals surface area contributed by atoms with Crippen molar-refractivity contribution in [1.29, 1.82) is 0 Å². The fraction of sp³-hybridized carbons (Fsp3) is 0.448. The number of unbranched alkanes of at least 4 members (excludes halogenated alkanes) is 2. The SMILES string of the molecule is COC(=O)CCCCC(O)C(=O)Nc1ccccc1.COC(CCCCC(C)=O)C(=O)Nc1ccccc1. The molecular weight excluding hydrogens is 488 g/mol. The van der Waals surface area contributed by atoms with E-state index in [0.29, 0.717) is 44.2 Å². The van der Waals surface area contributed by atoms with Gasteiger partial charge in [-0.25, -0.2) is 0 Å². The van der Waals surface area contributed by atoms with E-state index in [1.165, 1.54) is 14.2 Å². The van der Waals surface area contributed by atoms with Gasteiger partial charge in [0.1, 0.15) is 18.0 Å². The van der Waals surface area contributed by atoms with E-state index in [-0.39, 0.29) is 17.7 Å². The van der Waals surface area contributed by atoms with Crippen molar-refractivity contribution in [2.24, 2.45) is 0 Å². The molecule has 0 radical (unpaired) electrons. The third kappa shape index (κ3) is 14.9. The number of esters is 1. The summed E-state index contributed by atoms with van der Waals surface area (Å²) in [6.45, 7) is 1.58. The van der Waals surface area contributed by atoms with Gasteiger partial charge in [-0.05, 0) is 69.7 Å². The lowest BCUT2D eigenvalue weighted by Gasteiger charge is -2.15. The second kappa shape index (κ2) is 19.5. The average molecular weight is 529 g/mol. The van der Waals surface area contributed by atoms with Crippen molar-refractivity contribution in [2.75, 3.05) is 24.9 Å². The predicted molar refractivity (Wildman–Crippen MR) is 147 cm³/mol. The number of hydrogen-bond acceptors (Lipinski definition) is 7. The molecule has 0 saturated carbocycles. The van der Waals surface area contributed by atoms with Crippen molar-refractivity contribution < 1.29 is 33.8 Å². The topological polar surface area (TPSA) is 131 Å². The number of hydrogen-bond donors (Lipinski definition) is 3. The van der Waals surface area contributed by atoms with E-state index in [1.807, 2.05) is 36.4 Å². The van der Waals surface area contributed by atoms with Crippen LogP contribution in [0.25, 0.3) is 0 Å². The van der Waals surface area contributed by atoms with E-state index in [1.54, 1.807) is 31.2 Å². The molecule has 0 saturated heterocycles. The van der Waals surface area contributed by atoms with Crippen LogP contribution in [0.3, 0.4) is 0 Å². The van der Waals surface area contributed by atoms with Crippen molar-refractivity contribution in [3.63, 3.8) is 0 Å². The molecule has 2 atom stereocenters. The number of carbonyl (C=O) groups excluding carboxylic acids is 4. The van der Waals surface area contributed by atoms with Crippen molar-refractivity contribution in [3.8, 4) is 0 Å². The molecule has 2 amide bonds. The fourth-order valence-electron chi connectivity index (χ4n) is 3.39. The Hall–Kier alpha value is -3.56. The zero-order valence-electron chi connectivity index (χ0n) is 22.5. The lowest BCUT2D eigenvalue weighted by Crippen LogP contribution is -2.29. The molecule has 0 aliphatic carbocycles. The number of aliphatic hydroxyl groups excluding tert-OH is 1.